The Balaban J connectivity index is 2.57. The number of alkyl halides is 3. The van der Waals surface area contributed by atoms with Crippen LogP contribution in [0.3, 0.4) is 0 Å². The van der Waals surface area contributed by atoms with Gasteiger partial charge >= 0.3 is 6.18 Å². The molecular weight excluding hydrogens is 277 g/mol. The molecule has 0 aliphatic carbocycles. The van der Waals surface area contributed by atoms with E-state index in [2.05, 4.69) is 0 Å². The molecule has 100 valence electrons. The van der Waals surface area contributed by atoms with Gasteiger partial charge in [-0.3, -0.25) is 0 Å². The molecule has 0 aliphatic rings. The molecule has 2 rings (SSSR count). The Kier molecular flexibility index (Phi) is 3.45. The number of phenolic OH excluding ortho intramolecular Hbond substituents is 1. The first-order valence-electron chi connectivity index (χ1n) is 5.46. The number of hydrogen-bond acceptors (Lipinski definition) is 1. The predicted octanol–water partition coefficient (Wildman–Crippen LogP) is 5.04. The van der Waals surface area contributed by atoms with Crippen LogP contribution in [-0.4, -0.2) is 5.11 Å². The minimum absolute atomic E-state index is 0.0146. The maximum absolute atomic E-state index is 12.7. The first kappa shape index (κ1) is 13.7. The van der Waals surface area contributed by atoms with E-state index in [0.717, 1.165) is 12.1 Å². The van der Waals surface area contributed by atoms with Crippen LogP contribution >= 0.6 is 11.6 Å². The molecule has 19 heavy (non-hydrogen) atoms. The number of halogens is 4. The summed E-state index contributed by atoms with van der Waals surface area (Å²) in [4.78, 5) is 0. The van der Waals surface area contributed by atoms with Crippen LogP contribution in [-0.2, 0) is 6.18 Å². The Bertz CT molecular complexity index is 621. The summed E-state index contributed by atoms with van der Waals surface area (Å²) in [6.07, 6.45) is -4.39. The zero-order valence-electron chi connectivity index (χ0n) is 9.92. The molecule has 1 nitrogen and oxygen atoms in total. The van der Waals surface area contributed by atoms with Crippen molar-refractivity contribution in [2.45, 2.75) is 13.1 Å². The third-order valence-corrected chi connectivity index (χ3v) is 3.10. The molecule has 0 amide bonds. The molecule has 2 aromatic carbocycles. The van der Waals surface area contributed by atoms with E-state index < -0.39 is 11.7 Å². The van der Waals surface area contributed by atoms with Gasteiger partial charge in [0.15, 0.2) is 0 Å². The van der Waals surface area contributed by atoms with E-state index in [4.69, 9.17) is 11.6 Å². The Hall–Kier alpha value is -1.68. The third kappa shape index (κ3) is 2.84. The first-order valence-corrected chi connectivity index (χ1v) is 5.83. The summed E-state index contributed by atoms with van der Waals surface area (Å²) < 4.78 is 38.0. The van der Waals surface area contributed by atoms with Gasteiger partial charge in [0.05, 0.1) is 10.6 Å². The quantitative estimate of drug-likeness (QED) is 0.778. The van der Waals surface area contributed by atoms with Crippen molar-refractivity contribution in [3.63, 3.8) is 0 Å². The highest BCUT2D eigenvalue weighted by Crippen LogP contribution is 2.36. The Morgan fingerprint density at radius 2 is 1.79 bits per heavy atom. The highest BCUT2D eigenvalue weighted by molar-refractivity contribution is 6.33. The normalized spacial score (nSPS) is 11.6. The smallest absolute Gasteiger partial charge is 0.416 e. The van der Waals surface area contributed by atoms with Crippen molar-refractivity contribution in [3.8, 4) is 16.9 Å². The third-order valence-electron chi connectivity index (χ3n) is 2.79. The molecule has 0 saturated carbocycles. The number of rotatable bonds is 1. The topological polar surface area (TPSA) is 20.2 Å². The minimum atomic E-state index is -4.39. The molecule has 5 heteroatoms. The predicted molar refractivity (Wildman–Crippen MR) is 68.3 cm³/mol. The maximum atomic E-state index is 12.7. The van der Waals surface area contributed by atoms with Gasteiger partial charge in [0.2, 0.25) is 0 Å². The summed E-state index contributed by atoms with van der Waals surface area (Å²) in [5.74, 6) is 0.0146. The van der Waals surface area contributed by atoms with Gasteiger partial charge in [-0.2, -0.15) is 13.2 Å². The lowest BCUT2D eigenvalue weighted by Crippen LogP contribution is -2.04. The second-order valence-electron chi connectivity index (χ2n) is 4.20. The van der Waals surface area contributed by atoms with Crippen LogP contribution in [0.25, 0.3) is 11.1 Å². The van der Waals surface area contributed by atoms with E-state index in [1.54, 1.807) is 19.1 Å². The average Bonchev–Trinajstić information content (AvgIpc) is 2.33. The van der Waals surface area contributed by atoms with Crippen LogP contribution in [0.1, 0.15) is 11.1 Å². The molecule has 0 radical (unpaired) electrons. The van der Waals surface area contributed by atoms with Gasteiger partial charge in [0.25, 0.3) is 0 Å². The van der Waals surface area contributed by atoms with Crippen LogP contribution in [0.5, 0.6) is 5.75 Å². The summed E-state index contributed by atoms with van der Waals surface area (Å²) >= 11 is 5.96. The average molecular weight is 287 g/mol. The summed E-state index contributed by atoms with van der Waals surface area (Å²) in [7, 11) is 0. The van der Waals surface area contributed by atoms with Crippen molar-refractivity contribution in [2.75, 3.05) is 0 Å². The van der Waals surface area contributed by atoms with Crippen molar-refractivity contribution in [1.29, 1.82) is 0 Å². The molecule has 1 N–H and O–H groups in total. The van der Waals surface area contributed by atoms with Crippen molar-refractivity contribution >= 4 is 11.6 Å². The number of aryl methyl sites for hydroxylation is 1. The highest BCUT2D eigenvalue weighted by Gasteiger charge is 2.30. The second-order valence-corrected chi connectivity index (χ2v) is 4.60. The second kappa shape index (κ2) is 4.78. The monoisotopic (exact) mass is 286 g/mol. The van der Waals surface area contributed by atoms with Crippen LogP contribution in [0.15, 0.2) is 36.4 Å². The zero-order valence-corrected chi connectivity index (χ0v) is 10.7. The van der Waals surface area contributed by atoms with Gasteiger partial charge in [0, 0.05) is 5.56 Å². The molecule has 2 aromatic rings. The fraction of sp³-hybridized carbons (Fsp3) is 0.143. The Labute approximate surface area is 113 Å². The summed E-state index contributed by atoms with van der Waals surface area (Å²) in [5, 5.41) is 9.70. The number of hydrogen-bond donors (Lipinski definition) is 1. The van der Waals surface area contributed by atoms with E-state index in [0.29, 0.717) is 16.7 Å². The molecule has 0 saturated heterocycles. The van der Waals surface area contributed by atoms with Crippen LogP contribution in [0, 0.1) is 6.92 Å². The summed E-state index contributed by atoms with van der Waals surface area (Å²) in [6, 6.07) is 7.81. The standard InChI is InChI=1S/C14H10ClF3O/c1-8-5-11(12(15)7-13(8)19)9-3-2-4-10(6-9)14(16,17)18/h2-7,19H,1H3. The van der Waals surface area contributed by atoms with E-state index in [9.17, 15) is 18.3 Å². The molecule has 0 atom stereocenters. The molecule has 0 heterocycles. The van der Waals surface area contributed by atoms with Crippen molar-refractivity contribution in [1.82, 2.24) is 0 Å². The van der Waals surface area contributed by atoms with E-state index >= 15 is 0 Å². The minimum Gasteiger partial charge on any atom is -0.508 e. The van der Waals surface area contributed by atoms with E-state index in [-0.39, 0.29) is 10.8 Å². The van der Waals surface area contributed by atoms with Crippen molar-refractivity contribution < 1.29 is 18.3 Å². The Morgan fingerprint density at radius 3 is 2.42 bits per heavy atom. The molecule has 0 aromatic heterocycles. The van der Waals surface area contributed by atoms with Crippen LogP contribution in [0.4, 0.5) is 13.2 Å². The highest BCUT2D eigenvalue weighted by atomic mass is 35.5. The van der Waals surface area contributed by atoms with E-state index in [1.165, 1.54) is 12.1 Å². The number of phenols is 1. The van der Waals surface area contributed by atoms with Crippen molar-refractivity contribution in [3.05, 3.63) is 52.5 Å². The fourth-order valence-electron chi connectivity index (χ4n) is 1.76. The molecule has 0 spiro atoms. The maximum Gasteiger partial charge on any atom is 0.416 e. The fourth-order valence-corrected chi connectivity index (χ4v) is 2.02. The molecular formula is C14H10ClF3O. The SMILES string of the molecule is Cc1cc(-c2cccc(C(F)(F)F)c2)c(Cl)cc1O. The van der Waals surface area contributed by atoms with Gasteiger partial charge in [-0.15, -0.1) is 0 Å². The summed E-state index contributed by atoms with van der Waals surface area (Å²) in [5.41, 5.74) is 0.648. The van der Waals surface area contributed by atoms with Gasteiger partial charge < -0.3 is 5.11 Å². The van der Waals surface area contributed by atoms with E-state index in [1.807, 2.05) is 0 Å². The molecule has 0 fully saturated rings. The largest absolute Gasteiger partial charge is 0.508 e. The van der Waals surface area contributed by atoms with Crippen LogP contribution < -0.4 is 0 Å². The van der Waals surface area contributed by atoms with Crippen LogP contribution in [0.2, 0.25) is 5.02 Å². The lowest BCUT2D eigenvalue weighted by atomic mass is 10.0. The van der Waals surface area contributed by atoms with Gasteiger partial charge in [0.1, 0.15) is 5.75 Å². The molecule has 0 bridgehead atoms. The lowest BCUT2D eigenvalue weighted by molar-refractivity contribution is -0.137. The number of benzene rings is 2. The van der Waals surface area contributed by atoms with Gasteiger partial charge in [-0.05, 0) is 42.3 Å². The number of aromatic hydroxyl groups is 1. The van der Waals surface area contributed by atoms with Crippen molar-refractivity contribution in [2.24, 2.45) is 0 Å². The molecule has 0 unspecified atom stereocenters. The first-order chi connectivity index (χ1) is 8.79. The summed E-state index contributed by atoms with van der Waals surface area (Å²) in [6.45, 7) is 1.66. The zero-order chi connectivity index (χ0) is 14.2. The Morgan fingerprint density at radius 1 is 1.11 bits per heavy atom. The molecule has 0 aliphatic heterocycles. The van der Waals surface area contributed by atoms with Gasteiger partial charge in [-0.25, -0.2) is 0 Å². The lowest BCUT2D eigenvalue weighted by Gasteiger charge is -2.11. The van der Waals surface area contributed by atoms with Gasteiger partial charge in [-0.1, -0.05) is 23.7 Å².